The number of aromatic nitrogens is 1. The number of hydrogen-bond acceptors (Lipinski definition) is 4. The summed E-state index contributed by atoms with van der Waals surface area (Å²) in [5, 5.41) is 1.000. The van der Waals surface area contributed by atoms with Crippen LogP contribution < -0.4 is 0 Å². The lowest BCUT2D eigenvalue weighted by molar-refractivity contribution is 0.200. The van der Waals surface area contributed by atoms with Crippen molar-refractivity contribution in [1.82, 2.24) is 9.88 Å². The molecule has 2 fully saturated rings. The first kappa shape index (κ1) is 12.6. The Bertz CT molecular complexity index is 559. The molecule has 1 saturated carbocycles. The predicted octanol–water partition coefficient (Wildman–Crippen LogP) is 4.03. The standard InChI is InChI=1S/C16H20N2OS/c1-3-12(4-1)13-6-7-18(10-13)11-14-9-17-16(20-14)15-5-2-8-19-15/h2,5,8-9,12-13H,1,3-4,6-7,10-11H2. The lowest BCUT2D eigenvalue weighted by atomic mass is 9.75. The van der Waals surface area contributed by atoms with Gasteiger partial charge in [0.2, 0.25) is 0 Å². The van der Waals surface area contributed by atoms with Crippen molar-refractivity contribution in [2.75, 3.05) is 13.1 Å². The zero-order valence-corrected chi connectivity index (χ0v) is 12.4. The molecule has 0 radical (unpaired) electrons. The van der Waals surface area contributed by atoms with Crippen molar-refractivity contribution in [3.8, 4) is 10.8 Å². The Balaban J connectivity index is 1.37. The van der Waals surface area contributed by atoms with Crippen LogP contribution in [0, 0.1) is 11.8 Å². The van der Waals surface area contributed by atoms with Gasteiger partial charge in [0.15, 0.2) is 10.8 Å². The summed E-state index contributed by atoms with van der Waals surface area (Å²) in [5.41, 5.74) is 0. The molecule has 1 aliphatic heterocycles. The van der Waals surface area contributed by atoms with Crippen LogP contribution in [0.2, 0.25) is 0 Å². The molecule has 0 bridgehead atoms. The fraction of sp³-hybridized carbons (Fsp3) is 0.562. The summed E-state index contributed by atoms with van der Waals surface area (Å²) in [7, 11) is 0. The van der Waals surface area contributed by atoms with Crippen LogP contribution in [0.25, 0.3) is 10.8 Å². The van der Waals surface area contributed by atoms with Crippen molar-refractivity contribution >= 4 is 11.3 Å². The smallest absolute Gasteiger partial charge is 0.162 e. The maximum absolute atomic E-state index is 5.41. The molecule has 1 unspecified atom stereocenters. The summed E-state index contributed by atoms with van der Waals surface area (Å²) in [5.74, 6) is 2.87. The van der Waals surface area contributed by atoms with Crippen molar-refractivity contribution in [3.05, 3.63) is 29.5 Å². The number of nitrogens with zero attached hydrogens (tertiary/aromatic N) is 2. The van der Waals surface area contributed by atoms with Crippen LogP contribution in [0.3, 0.4) is 0 Å². The number of likely N-dealkylation sites (tertiary alicyclic amines) is 1. The average Bonchev–Trinajstić information content (AvgIpc) is 3.07. The third-order valence-corrected chi connectivity index (χ3v) is 5.79. The highest BCUT2D eigenvalue weighted by Gasteiger charge is 2.32. The predicted molar refractivity (Wildman–Crippen MR) is 80.5 cm³/mol. The zero-order valence-electron chi connectivity index (χ0n) is 11.6. The van der Waals surface area contributed by atoms with Gasteiger partial charge in [-0.3, -0.25) is 4.90 Å². The van der Waals surface area contributed by atoms with Crippen LogP contribution in [0.1, 0.15) is 30.6 Å². The Morgan fingerprint density at radius 3 is 3.00 bits per heavy atom. The fourth-order valence-electron chi connectivity index (χ4n) is 3.42. The molecule has 0 N–H and O–H groups in total. The SMILES string of the molecule is c1coc(-c2ncc(CN3CCC(C4CCC4)C3)s2)c1. The van der Waals surface area contributed by atoms with E-state index in [0.717, 1.165) is 29.1 Å². The quantitative estimate of drug-likeness (QED) is 0.850. The Kier molecular flexibility index (Phi) is 3.36. The minimum absolute atomic E-state index is 0.884. The molecule has 3 heterocycles. The van der Waals surface area contributed by atoms with E-state index in [1.165, 1.54) is 43.6 Å². The fourth-order valence-corrected chi connectivity index (χ4v) is 4.34. The summed E-state index contributed by atoms with van der Waals surface area (Å²) in [6.07, 6.45) is 9.53. The van der Waals surface area contributed by atoms with E-state index in [9.17, 15) is 0 Å². The summed E-state index contributed by atoms with van der Waals surface area (Å²) in [6.45, 7) is 3.61. The number of thiazole rings is 1. The monoisotopic (exact) mass is 288 g/mol. The average molecular weight is 288 g/mol. The van der Waals surface area contributed by atoms with E-state index in [1.54, 1.807) is 17.6 Å². The molecule has 0 aromatic carbocycles. The largest absolute Gasteiger partial charge is 0.462 e. The molecule has 1 saturated heterocycles. The molecular weight excluding hydrogens is 268 g/mol. The Morgan fingerprint density at radius 2 is 2.25 bits per heavy atom. The molecule has 1 aliphatic carbocycles. The van der Waals surface area contributed by atoms with Crippen molar-refractivity contribution in [2.45, 2.75) is 32.2 Å². The lowest BCUT2D eigenvalue weighted by Crippen LogP contribution is -2.26. The highest BCUT2D eigenvalue weighted by molar-refractivity contribution is 7.14. The first-order valence-corrected chi connectivity index (χ1v) is 8.41. The van der Waals surface area contributed by atoms with Gasteiger partial charge in [-0.05, 0) is 36.9 Å². The molecule has 4 heteroatoms. The van der Waals surface area contributed by atoms with Crippen LogP contribution in [0.4, 0.5) is 0 Å². The molecule has 106 valence electrons. The highest BCUT2D eigenvalue weighted by atomic mass is 32.1. The van der Waals surface area contributed by atoms with E-state index in [0.29, 0.717) is 0 Å². The second kappa shape index (κ2) is 5.34. The second-order valence-corrected chi connectivity index (χ2v) is 7.20. The van der Waals surface area contributed by atoms with Crippen molar-refractivity contribution in [3.63, 3.8) is 0 Å². The first-order valence-electron chi connectivity index (χ1n) is 7.59. The molecule has 0 spiro atoms. The van der Waals surface area contributed by atoms with Crippen LogP contribution >= 0.6 is 11.3 Å². The Hall–Kier alpha value is -1.13. The van der Waals surface area contributed by atoms with E-state index in [4.69, 9.17) is 4.42 Å². The van der Waals surface area contributed by atoms with E-state index >= 15 is 0 Å². The zero-order chi connectivity index (χ0) is 13.4. The van der Waals surface area contributed by atoms with Gasteiger partial charge in [0.1, 0.15) is 0 Å². The Labute approximate surface area is 123 Å². The summed E-state index contributed by atoms with van der Waals surface area (Å²) >= 11 is 1.76. The van der Waals surface area contributed by atoms with Crippen molar-refractivity contribution in [2.24, 2.45) is 11.8 Å². The topological polar surface area (TPSA) is 29.3 Å². The molecule has 3 nitrogen and oxygen atoms in total. The van der Waals surface area contributed by atoms with Gasteiger partial charge < -0.3 is 4.42 Å². The van der Waals surface area contributed by atoms with Gasteiger partial charge in [-0.2, -0.15) is 0 Å². The highest BCUT2D eigenvalue weighted by Crippen LogP contribution is 2.38. The van der Waals surface area contributed by atoms with Crippen LogP contribution in [-0.4, -0.2) is 23.0 Å². The summed E-state index contributed by atoms with van der Waals surface area (Å²) < 4.78 is 5.41. The number of hydrogen-bond donors (Lipinski definition) is 0. The van der Waals surface area contributed by atoms with E-state index in [1.807, 2.05) is 18.3 Å². The lowest BCUT2D eigenvalue weighted by Gasteiger charge is -2.31. The molecule has 4 rings (SSSR count). The number of furan rings is 1. The minimum Gasteiger partial charge on any atom is -0.462 e. The third-order valence-electron chi connectivity index (χ3n) is 4.79. The molecule has 1 atom stereocenters. The van der Waals surface area contributed by atoms with Crippen molar-refractivity contribution in [1.29, 1.82) is 0 Å². The maximum atomic E-state index is 5.41. The molecule has 20 heavy (non-hydrogen) atoms. The van der Waals surface area contributed by atoms with Crippen molar-refractivity contribution < 1.29 is 4.42 Å². The van der Waals surface area contributed by atoms with Crippen LogP contribution in [0.15, 0.2) is 29.0 Å². The van der Waals surface area contributed by atoms with Crippen LogP contribution in [0.5, 0.6) is 0 Å². The second-order valence-electron chi connectivity index (χ2n) is 6.08. The molecular formula is C16H20N2OS. The van der Waals surface area contributed by atoms with E-state index in [2.05, 4.69) is 9.88 Å². The molecule has 2 aromatic heterocycles. The maximum Gasteiger partial charge on any atom is 0.162 e. The van der Waals surface area contributed by atoms with Gasteiger partial charge in [-0.1, -0.05) is 19.3 Å². The van der Waals surface area contributed by atoms with Gasteiger partial charge in [-0.15, -0.1) is 11.3 Å². The summed E-state index contributed by atoms with van der Waals surface area (Å²) in [4.78, 5) is 8.43. The van der Waals surface area contributed by atoms with E-state index < -0.39 is 0 Å². The number of rotatable bonds is 4. The van der Waals surface area contributed by atoms with Gasteiger partial charge in [0.25, 0.3) is 0 Å². The Morgan fingerprint density at radius 1 is 1.30 bits per heavy atom. The van der Waals surface area contributed by atoms with Gasteiger partial charge >= 0.3 is 0 Å². The van der Waals surface area contributed by atoms with Gasteiger partial charge in [0.05, 0.1) is 6.26 Å². The molecule has 2 aromatic rings. The minimum atomic E-state index is 0.884. The molecule has 2 aliphatic rings. The van der Waals surface area contributed by atoms with Gasteiger partial charge in [0, 0.05) is 24.2 Å². The van der Waals surface area contributed by atoms with Gasteiger partial charge in [-0.25, -0.2) is 4.98 Å². The third kappa shape index (κ3) is 2.42. The first-order chi connectivity index (χ1) is 9.88. The van der Waals surface area contributed by atoms with Crippen LogP contribution in [-0.2, 0) is 6.54 Å². The van der Waals surface area contributed by atoms with E-state index in [-0.39, 0.29) is 0 Å². The normalized spacial score (nSPS) is 24.1. The summed E-state index contributed by atoms with van der Waals surface area (Å²) in [6, 6.07) is 3.89. The molecule has 0 amide bonds.